The van der Waals surface area contributed by atoms with E-state index in [9.17, 15) is 14.9 Å². The summed E-state index contributed by atoms with van der Waals surface area (Å²) in [6.07, 6.45) is 1.12. The van der Waals surface area contributed by atoms with E-state index in [-0.39, 0.29) is 12.1 Å². The van der Waals surface area contributed by atoms with Gasteiger partial charge in [0.15, 0.2) is 0 Å². The number of carbonyl (C=O) groups is 1. The van der Waals surface area contributed by atoms with Crippen molar-refractivity contribution >= 4 is 27.6 Å². The minimum Gasteiger partial charge on any atom is -0.496 e. The van der Waals surface area contributed by atoms with Crippen LogP contribution in [0.1, 0.15) is 32.0 Å². The molecular formula is C30H28N6O4. The molecule has 1 amide bonds. The van der Waals surface area contributed by atoms with Gasteiger partial charge in [-0.2, -0.15) is 15.5 Å². The lowest BCUT2D eigenvalue weighted by atomic mass is 9.92. The number of methoxy groups -OCH3 is 1. The molecule has 5 aromatic rings. The van der Waals surface area contributed by atoms with Crippen LogP contribution in [0.3, 0.4) is 0 Å². The van der Waals surface area contributed by atoms with Crippen LogP contribution in [0.25, 0.3) is 43.9 Å². The van der Waals surface area contributed by atoms with E-state index in [1.807, 2.05) is 42.5 Å². The van der Waals surface area contributed by atoms with E-state index in [2.05, 4.69) is 26.7 Å². The monoisotopic (exact) mass is 536 g/mol. The Bertz CT molecular complexity index is 1870. The number of nitriles is 1. The first-order valence-electron chi connectivity index (χ1n) is 12.6. The topological polar surface area (TPSA) is 135 Å². The average molecular weight is 537 g/mol. The van der Waals surface area contributed by atoms with Crippen molar-refractivity contribution in [3.8, 4) is 34.2 Å². The standard InChI is InChI=1S/C30H28N6O4/c1-30(2,3)40-29(38)32-16-24-21-12-18(10-11-20(21)28(37)35-34-24)23-15-33-36(4)27(23)26-22(14-31)19-9-7-6-8-17(19)13-25(26)39-5/h6-13,15H,16H2,1-5H3,(H,32,38)(H,35,37). The van der Waals surface area contributed by atoms with E-state index in [0.29, 0.717) is 39.0 Å². The Morgan fingerprint density at radius 2 is 1.90 bits per heavy atom. The number of ether oxygens (including phenoxy) is 2. The van der Waals surface area contributed by atoms with E-state index in [0.717, 1.165) is 21.9 Å². The molecule has 0 saturated carbocycles. The first-order valence-corrected chi connectivity index (χ1v) is 12.6. The zero-order valence-electron chi connectivity index (χ0n) is 22.8. The van der Waals surface area contributed by atoms with Crippen LogP contribution in [-0.4, -0.2) is 38.8 Å². The maximum absolute atomic E-state index is 12.6. The molecule has 0 bridgehead atoms. The molecular weight excluding hydrogens is 508 g/mol. The summed E-state index contributed by atoms with van der Waals surface area (Å²) in [6.45, 7) is 5.38. The highest BCUT2D eigenvalue weighted by atomic mass is 16.6. The zero-order valence-corrected chi connectivity index (χ0v) is 22.8. The van der Waals surface area contributed by atoms with Crippen molar-refractivity contribution in [3.63, 3.8) is 0 Å². The highest BCUT2D eigenvalue weighted by Crippen LogP contribution is 2.42. The number of alkyl carbamates (subject to hydrolysis) is 1. The van der Waals surface area contributed by atoms with Crippen LogP contribution in [0, 0.1) is 11.3 Å². The van der Waals surface area contributed by atoms with Crippen molar-refractivity contribution in [3.05, 3.63) is 76.3 Å². The number of H-pyrrole nitrogens is 1. The summed E-state index contributed by atoms with van der Waals surface area (Å²) >= 11 is 0. The number of carbonyl (C=O) groups excluding carboxylic acids is 1. The number of aryl methyl sites for hydroxylation is 1. The molecule has 10 nitrogen and oxygen atoms in total. The van der Waals surface area contributed by atoms with Gasteiger partial charge in [0.05, 0.1) is 47.8 Å². The SMILES string of the molecule is COc1cc2ccccc2c(C#N)c1-c1c(-c2ccc3c(=O)[nH]nc(CNC(=O)OC(C)(C)C)c3c2)cnn1C. The van der Waals surface area contributed by atoms with Crippen molar-refractivity contribution in [1.82, 2.24) is 25.3 Å². The quantitative estimate of drug-likeness (QED) is 0.321. The Labute approximate surface area is 230 Å². The molecule has 0 aliphatic carbocycles. The van der Waals surface area contributed by atoms with Crippen molar-refractivity contribution in [2.75, 3.05) is 7.11 Å². The summed E-state index contributed by atoms with van der Waals surface area (Å²) in [5.41, 5.74) is 2.73. The third-order valence-corrected chi connectivity index (χ3v) is 6.50. The Balaban J connectivity index is 1.66. The van der Waals surface area contributed by atoms with Crippen LogP contribution >= 0.6 is 0 Å². The number of hydrogen-bond donors (Lipinski definition) is 2. The second-order valence-electron chi connectivity index (χ2n) is 10.3. The highest BCUT2D eigenvalue weighted by molar-refractivity contribution is 6.00. The minimum absolute atomic E-state index is 0.0443. The molecule has 0 spiro atoms. The van der Waals surface area contributed by atoms with Crippen LogP contribution in [0.2, 0.25) is 0 Å². The van der Waals surface area contributed by atoms with Gasteiger partial charge in [0.1, 0.15) is 17.4 Å². The summed E-state index contributed by atoms with van der Waals surface area (Å²) in [4.78, 5) is 24.8. The summed E-state index contributed by atoms with van der Waals surface area (Å²) < 4.78 is 12.8. The number of nitrogens with one attached hydrogen (secondary N) is 2. The second-order valence-corrected chi connectivity index (χ2v) is 10.3. The van der Waals surface area contributed by atoms with Crippen molar-refractivity contribution in [2.24, 2.45) is 7.05 Å². The number of aromatic amines is 1. The van der Waals surface area contributed by atoms with Crippen LogP contribution in [-0.2, 0) is 18.3 Å². The number of amides is 1. The van der Waals surface area contributed by atoms with Crippen LogP contribution in [0.4, 0.5) is 4.79 Å². The molecule has 10 heteroatoms. The van der Waals surface area contributed by atoms with Gasteiger partial charge in [-0.15, -0.1) is 0 Å². The fourth-order valence-electron chi connectivity index (χ4n) is 4.77. The third kappa shape index (κ3) is 4.85. The number of rotatable bonds is 5. The van der Waals surface area contributed by atoms with Crippen LogP contribution in [0.5, 0.6) is 5.75 Å². The molecule has 0 atom stereocenters. The lowest BCUT2D eigenvalue weighted by Crippen LogP contribution is -2.32. The molecule has 2 aromatic heterocycles. The predicted molar refractivity (Wildman–Crippen MR) is 152 cm³/mol. The summed E-state index contributed by atoms with van der Waals surface area (Å²) in [7, 11) is 3.38. The average Bonchev–Trinajstić information content (AvgIpc) is 3.31. The Hall–Kier alpha value is -5.17. The fourth-order valence-corrected chi connectivity index (χ4v) is 4.77. The van der Waals surface area contributed by atoms with Crippen LogP contribution < -0.4 is 15.6 Å². The molecule has 0 radical (unpaired) electrons. The Morgan fingerprint density at radius 1 is 1.12 bits per heavy atom. The maximum Gasteiger partial charge on any atom is 0.407 e. The first-order chi connectivity index (χ1) is 19.1. The largest absolute Gasteiger partial charge is 0.496 e. The van der Waals surface area contributed by atoms with Gasteiger partial charge in [-0.1, -0.05) is 30.3 Å². The highest BCUT2D eigenvalue weighted by Gasteiger charge is 2.23. The van der Waals surface area contributed by atoms with Gasteiger partial charge in [-0.3, -0.25) is 9.48 Å². The van der Waals surface area contributed by atoms with E-state index in [4.69, 9.17) is 9.47 Å². The normalized spacial score (nSPS) is 11.4. The van der Waals surface area contributed by atoms with E-state index < -0.39 is 11.7 Å². The molecule has 0 unspecified atom stereocenters. The smallest absolute Gasteiger partial charge is 0.407 e. The molecule has 40 heavy (non-hydrogen) atoms. The first kappa shape index (κ1) is 26.4. The molecule has 2 heterocycles. The second kappa shape index (κ2) is 10.2. The van der Waals surface area contributed by atoms with Gasteiger partial charge in [-0.25, -0.2) is 9.89 Å². The van der Waals surface area contributed by atoms with Gasteiger partial charge in [0, 0.05) is 23.4 Å². The molecule has 3 aromatic carbocycles. The Morgan fingerprint density at radius 3 is 2.62 bits per heavy atom. The number of nitrogens with zero attached hydrogens (tertiary/aromatic N) is 4. The van der Waals surface area contributed by atoms with Gasteiger partial charge >= 0.3 is 6.09 Å². The summed E-state index contributed by atoms with van der Waals surface area (Å²) in [5, 5.41) is 26.8. The van der Waals surface area contributed by atoms with E-state index in [1.165, 1.54) is 0 Å². The Kier molecular flexibility index (Phi) is 6.73. The van der Waals surface area contributed by atoms with Crippen molar-refractivity contribution in [1.29, 1.82) is 5.26 Å². The molecule has 5 rings (SSSR count). The van der Waals surface area contributed by atoms with Crippen LogP contribution in [0.15, 0.2) is 59.5 Å². The molecule has 0 saturated heterocycles. The number of fused-ring (bicyclic) bond motifs is 2. The lowest BCUT2D eigenvalue weighted by molar-refractivity contribution is 0.0523. The molecule has 0 fully saturated rings. The van der Waals surface area contributed by atoms with Gasteiger partial charge in [-0.05, 0) is 49.9 Å². The number of aromatic nitrogens is 4. The van der Waals surface area contributed by atoms with Gasteiger partial charge < -0.3 is 14.8 Å². The third-order valence-electron chi connectivity index (χ3n) is 6.50. The summed E-state index contributed by atoms with van der Waals surface area (Å²) in [5.74, 6) is 0.543. The van der Waals surface area contributed by atoms with Gasteiger partial charge in [0.2, 0.25) is 0 Å². The molecule has 0 aliphatic heterocycles. The minimum atomic E-state index is -0.652. The van der Waals surface area contributed by atoms with Gasteiger partial charge in [0.25, 0.3) is 5.56 Å². The predicted octanol–water partition coefficient (Wildman–Crippen LogP) is 5.05. The fraction of sp³-hybridized carbons (Fsp3) is 0.233. The zero-order chi connectivity index (χ0) is 28.6. The molecule has 202 valence electrons. The van der Waals surface area contributed by atoms with Crippen molar-refractivity contribution in [2.45, 2.75) is 32.9 Å². The molecule has 0 aliphatic rings. The number of benzene rings is 3. The maximum atomic E-state index is 12.6. The number of hydrogen-bond acceptors (Lipinski definition) is 7. The van der Waals surface area contributed by atoms with Crippen molar-refractivity contribution < 1.29 is 14.3 Å². The van der Waals surface area contributed by atoms with E-state index in [1.54, 1.807) is 51.9 Å². The summed E-state index contributed by atoms with van der Waals surface area (Å²) in [6, 6.07) is 17.3. The lowest BCUT2D eigenvalue weighted by Gasteiger charge is -2.19. The van der Waals surface area contributed by atoms with E-state index >= 15 is 0 Å². The molecule has 2 N–H and O–H groups in total.